The molecule has 2 aromatic carbocycles. The number of nitrogens with zero attached hydrogens (tertiary/aromatic N) is 1. The van der Waals surface area contributed by atoms with E-state index in [1.165, 1.54) is 30.5 Å². The van der Waals surface area contributed by atoms with Crippen LogP contribution in [-0.2, 0) is 17.4 Å². The molecule has 1 heterocycles. The number of alkyl halides is 3. The number of aliphatic hydroxyl groups excluding tert-OH is 1. The Kier molecular flexibility index (Phi) is 6.51. The predicted molar refractivity (Wildman–Crippen MR) is 99.6 cm³/mol. The van der Waals surface area contributed by atoms with Crippen molar-refractivity contribution in [2.24, 2.45) is 0 Å². The topological polar surface area (TPSA) is 75.4 Å². The van der Waals surface area contributed by atoms with Crippen LogP contribution in [0.25, 0.3) is 11.3 Å². The number of amides is 1. The average molecular weight is 422 g/mol. The summed E-state index contributed by atoms with van der Waals surface area (Å²) in [6.45, 7) is -0.377. The Morgan fingerprint density at radius 1 is 1.13 bits per heavy atom. The Labute approximate surface area is 169 Å². The van der Waals surface area contributed by atoms with E-state index in [0.717, 1.165) is 12.1 Å². The highest BCUT2D eigenvalue weighted by Crippen LogP contribution is 2.34. The largest absolute Gasteiger partial charge is 0.441 e. The van der Waals surface area contributed by atoms with Crippen LogP contribution < -0.4 is 5.32 Å². The first-order valence-corrected chi connectivity index (χ1v) is 9.06. The molecule has 30 heavy (non-hydrogen) atoms. The fraction of sp³-hybridized carbons (Fsp3) is 0.238. The Bertz CT molecular complexity index is 1020. The van der Waals surface area contributed by atoms with Crippen molar-refractivity contribution in [1.82, 2.24) is 10.3 Å². The summed E-state index contributed by atoms with van der Waals surface area (Å²) in [5, 5.41) is 12.5. The molecule has 0 aliphatic carbocycles. The predicted octanol–water partition coefficient (Wildman–Crippen LogP) is 4.28. The summed E-state index contributed by atoms with van der Waals surface area (Å²) in [6, 6.07) is 10.7. The standard InChI is InChI=1S/C21H18F4N2O3/c22-16-8-4-2-6-14(16)18-12-27-20(30-18)10-9-19(29)26-11-17(28)13-5-1-3-7-15(13)21(23,24)25/h1-8,12,17,28H,9-11H2,(H,26,29). The van der Waals surface area contributed by atoms with Crippen molar-refractivity contribution in [1.29, 1.82) is 0 Å². The van der Waals surface area contributed by atoms with E-state index in [1.54, 1.807) is 12.1 Å². The maximum absolute atomic E-state index is 13.8. The summed E-state index contributed by atoms with van der Waals surface area (Å²) in [5.41, 5.74) is -1.02. The van der Waals surface area contributed by atoms with Gasteiger partial charge in [0.2, 0.25) is 5.91 Å². The van der Waals surface area contributed by atoms with Gasteiger partial charge in [-0.1, -0.05) is 30.3 Å². The number of benzene rings is 2. The van der Waals surface area contributed by atoms with E-state index in [2.05, 4.69) is 10.3 Å². The minimum Gasteiger partial charge on any atom is -0.441 e. The zero-order valence-electron chi connectivity index (χ0n) is 15.6. The van der Waals surface area contributed by atoms with Crippen LogP contribution in [-0.4, -0.2) is 22.5 Å². The Hall–Kier alpha value is -3.20. The third-order valence-electron chi connectivity index (χ3n) is 4.38. The van der Waals surface area contributed by atoms with E-state index < -0.39 is 29.6 Å². The monoisotopic (exact) mass is 422 g/mol. The van der Waals surface area contributed by atoms with E-state index in [4.69, 9.17) is 4.42 Å². The van der Waals surface area contributed by atoms with E-state index >= 15 is 0 Å². The summed E-state index contributed by atoms with van der Waals surface area (Å²) in [7, 11) is 0. The Morgan fingerprint density at radius 2 is 1.83 bits per heavy atom. The van der Waals surface area contributed by atoms with Crippen molar-refractivity contribution < 1.29 is 31.9 Å². The lowest BCUT2D eigenvalue weighted by Crippen LogP contribution is -2.29. The lowest BCUT2D eigenvalue weighted by Gasteiger charge is -2.17. The molecule has 0 spiro atoms. The van der Waals surface area contributed by atoms with Gasteiger partial charge in [-0.05, 0) is 23.8 Å². The highest BCUT2D eigenvalue weighted by Gasteiger charge is 2.34. The fourth-order valence-corrected chi connectivity index (χ4v) is 2.89. The van der Waals surface area contributed by atoms with Gasteiger partial charge in [0, 0.05) is 19.4 Å². The number of hydrogen-bond donors (Lipinski definition) is 2. The van der Waals surface area contributed by atoms with E-state index in [1.807, 2.05) is 0 Å². The summed E-state index contributed by atoms with van der Waals surface area (Å²) in [4.78, 5) is 16.0. The molecular weight excluding hydrogens is 404 g/mol. The van der Waals surface area contributed by atoms with Gasteiger partial charge in [-0.3, -0.25) is 4.79 Å². The molecule has 5 nitrogen and oxygen atoms in total. The third-order valence-corrected chi connectivity index (χ3v) is 4.38. The van der Waals surface area contributed by atoms with Crippen LogP contribution >= 0.6 is 0 Å². The molecule has 9 heteroatoms. The van der Waals surface area contributed by atoms with Gasteiger partial charge < -0.3 is 14.8 Å². The number of aromatic nitrogens is 1. The van der Waals surface area contributed by atoms with Crippen molar-refractivity contribution in [2.75, 3.05) is 6.54 Å². The smallest absolute Gasteiger partial charge is 0.416 e. The first-order valence-electron chi connectivity index (χ1n) is 9.06. The van der Waals surface area contributed by atoms with Crippen LogP contribution in [0.1, 0.15) is 29.5 Å². The Morgan fingerprint density at radius 3 is 2.57 bits per heavy atom. The number of carbonyl (C=O) groups excluding carboxylic acids is 1. The van der Waals surface area contributed by atoms with Gasteiger partial charge >= 0.3 is 6.18 Å². The lowest BCUT2D eigenvalue weighted by atomic mass is 10.0. The molecule has 0 bridgehead atoms. The quantitative estimate of drug-likeness (QED) is 0.558. The molecule has 1 aromatic heterocycles. The molecule has 1 unspecified atom stereocenters. The number of carbonyl (C=O) groups is 1. The van der Waals surface area contributed by atoms with Crippen LogP contribution in [0, 0.1) is 5.82 Å². The van der Waals surface area contributed by atoms with Crippen molar-refractivity contribution in [3.63, 3.8) is 0 Å². The SMILES string of the molecule is O=C(CCc1ncc(-c2ccccc2F)o1)NCC(O)c1ccccc1C(F)(F)F. The lowest BCUT2D eigenvalue weighted by molar-refractivity contribution is -0.139. The molecule has 0 saturated heterocycles. The summed E-state index contributed by atoms with van der Waals surface area (Å²) < 4.78 is 58.3. The number of hydrogen-bond acceptors (Lipinski definition) is 4. The molecule has 0 fully saturated rings. The number of halogens is 4. The summed E-state index contributed by atoms with van der Waals surface area (Å²) in [5.74, 6) is -0.524. The Balaban J connectivity index is 1.53. The van der Waals surface area contributed by atoms with Crippen molar-refractivity contribution >= 4 is 5.91 Å². The molecule has 0 saturated carbocycles. The van der Waals surface area contributed by atoms with Crippen LogP contribution in [0.5, 0.6) is 0 Å². The molecule has 3 aromatic rings. The van der Waals surface area contributed by atoms with Gasteiger partial charge in [0.25, 0.3) is 0 Å². The first-order chi connectivity index (χ1) is 14.3. The molecule has 3 rings (SSSR count). The average Bonchev–Trinajstić information content (AvgIpc) is 3.19. The van der Waals surface area contributed by atoms with E-state index in [0.29, 0.717) is 0 Å². The van der Waals surface area contributed by atoms with Gasteiger partial charge in [0.05, 0.1) is 23.4 Å². The van der Waals surface area contributed by atoms with Gasteiger partial charge in [0.1, 0.15) is 5.82 Å². The number of oxazole rings is 1. The molecule has 158 valence electrons. The highest BCUT2D eigenvalue weighted by atomic mass is 19.4. The number of aliphatic hydroxyl groups is 1. The number of rotatable bonds is 7. The van der Waals surface area contributed by atoms with Gasteiger partial charge in [-0.15, -0.1) is 0 Å². The molecular formula is C21H18F4N2O3. The van der Waals surface area contributed by atoms with Crippen molar-refractivity contribution in [3.05, 3.63) is 77.6 Å². The van der Waals surface area contributed by atoms with Gasteiger partial charge in [-0.25, -0.2) is 9.37 Å². The maximum atomic E-state index is 13.8. The number of nitrogens with one attached hydrogen (secondary N) is 1. The number of aryl methyl sites for hydroxylation is 1. The zero-order valence-corrected chi connectivity index (χ0v) is 15.6. The van der Waals surface area contributed by atoms with Crippen molar-refractivity contribution in [2.45, 2.75) is 25.1 Å². The minimum atomic E-state index is -4.61. The molecule has 0 radical (unpaired) electrons. The van der Waals surface area contributed by atoms with E-state index in [9.17, 15) is 27.5 Å². The van der Waals surface area contributed by atoms with Crippen LogP contribution in [0.4, 0.5) is 17.6 Å². The van der Waals surface area contributed by atoms with Gasteiger partial charge in [0.15, 0.2) is 11.7 Å². The maximum Gasteiger partial charge on any atom is 0.416 e. The zero-order chi connectivity index (χ0) is 21.7. The second kappa shape index (κ2) is 9.08. The van der Waals surface area contributed by atoms with Crippen LogP contribution in [0.15, 0.2) is 59.1 Å². The molecule has 1 amide bonds. The highest BCUT2D eigenvalue weighted by molar-refractivity contribution is 5.76. The molecule has 0 aliphatic heterocycles. The second-order valence-electron chi connectivity index (χ2n) is 6.50. The second-order valence-corrected chi connectivity index (χ2v) is 6.50. The van der Waals surface area contributed by atoms with Crippen LogP contribution in [0.3, 0.4) is 0 Å². The van der Waals surface area contributed by atoms with Crippen LogP contribution in [0.2, 0.25) is 0 Å². The minimum absolute atomic E-state index is 0.0646. The fourth-order valence-electron chi connectivity index (χ4n) is 2.89. The van der Waals surface area contributed by atoms with Gasteiger partial charge in [-0.2, -0.15) is 13.2 Å². The normalized spacial score (nSPS) is 12.6. The summed E-state index contributed by atoms with van der Waals surface area (Å²) in [6.07, 6.45) is -4.73. The molecule has 1 atom stereocenters. The first kappa shape index (κ1) is 21.5. The summed E-state index contributed by atoms with van der Waals surface area (Å²) >= 11 is 0. The van der Waals surface area contributed by atoms with Crippen molar-refractivity contribution in [3.8, 4) is 11.3 Å². The van der Waals surface area contributed by atoms with E-state index in [-0.39, 0.29) is 42.2 Å². The molecule has 2 N–H and O–H groups in total. The third kappa shape index (κ3) is 5.24. The molecule has 0 aliphatic rings.